The standard InChI is InChI=1S/C25H36N2O2/c1-2-3-14-23-25(29-24(28)27(23)20-22-12-8-5-9-13-22)15-17-26(18-16-25)19-21-10-6-4-7-11-21/h4,6-7,10-11,14,22H,2-3,5,8-9,12-13,15-20H2,1H3/b23-14+. The van der Waals surface area contributed by atoms with Gasteiger partial charge in [0.25, 0.3) is 0 Å². The maximum atomic E-state index is 12.9. The van der Waals surface area contributed by atoms with Crippen LogP contribution in [0.15, 0.2) is 42.1 Å². The molecule has 1 saturated carbocycles. The highest BCUT2D eigenvalue weighted by atomic mass is 16.6. The number of likely N-dealkylation sites (tertiary alicyclic amines) is 1. The molecule has 2 saturated heterocycles. The Hall–Kier alpha value is -1.81. The van der Waals surface area contributed by atoms with E-state index in [4.69, 9.17) is 4.74 Å². The summed E-state index contributed by atoms with van der Waals surface area (Å²) in [5.74, 6) is 0.634. The molecule has 0 aromatic heterocycles. The van der Waals surface area contributed by atoms with Crippen molar-refractivity contribution in [3.8, 4) is 0 Å². The van der Waals surface area contributed by atoms with Gasteiger partial charge in [-0.2, -0.15) is 0 Å². The van der Waals surface area contributed by atoms with E-state index >= 15 is 0 Å². The van der Waals surface area contributed by atoms with E-state index in [0.29, 0.717) is 5.92 Å². The lowest BCUT2D eigenvalue weighted by Gasteiger charge is -2.39. The van der Waals surface area contributed by atoms with Crippen molar-refractivity contribution in [3.63, 3.8) is 0 Å². The molecule has 1 amide bonds. The highest BCUT2D eigenvalue weighted by molar-refractivity contribution is 5.75. The second-order valence-corrected chi connectivity index (χ2v) is 9.12. The molecular weight excluding hydrogens is 360 g/mol. The van der Waals surface area contributed by atoms with Gasteiger partial charge in [-0.25, -0.2) is 4.79 Å². The highest BCUT2D eigenvalue weighted by Gasteiger charge is 2.51. The summed E-state index contributed by atoms with van der Waals surface area (Å²) in [6, 6.07) is 10.7. The Balaban J connectivity index is 1.45. The molecule has 1 aliphatic carbocycles. The van der Waals surface area contributed by atoms with Crippen LogP contribution in [0.5, 0.6) is 0 Å². The fourth-order valence-corrected chi connectivity index (χ4v) is 5.27. The minimum absolute atomic E-state index is 0.102. The van der Waals surface area contributed by atoms with Crippen LogP contribution in [0.4, 0.5) is 4.79 Å². The van der Waals surface area contributed by atoms with Crippen molar-refractivity contribution in [2.45, 2.75) is 76.9 Å². The third-order valence-corrected chi connectivity index (χ3v) is 6.97. The van der Waals surface area contributed by atoms with Gasteiger partial charge in [0.05, 0.1) is 5.70 Å². The first-order valence-electron chi connectivity index (χ1n) is 11.7. The number of ether oxygens (including phenoxy) is 1. The second-order valence-electron chi connectivity index (χ2n) is 9.12. The molecule has 4 nitrogen and oxygen atoms in total. The van der Waals surface area contributed by atoms with E-state index in [0.717, 1.165) is 51.9 Å². The lowest BCUT2D eigenvalue weighted by Crippen LogP contribution is -2.45. The van der Waals surface area contributed by atoms with Crippen molar-refractivity contribution in [1.29, 1.82) is 0 Å². The summed E-state index contributed by atoms with van der Waals surface area (Å²) < 4.78 is 6.14. The summed E-state index contributed by atoms with van der Waals surface area (Å²) in [5.41, 5.74) is 2.13. The molecule has 3 fully saturated rings. The summed E-state index contributed by atoms with van der Waals surface area (Å²) in [5, 5.41) is 0. The van der Waals surface area contributed by atoms with E-state index in [-0.39, 0.29) is 6.09 Å². The van der Waals surface area contributed by atoms with Crippen molar-refractivity contribution in [2.24, 2.45) is 5.92 Å². The van der Waals surface area contributed by atoms with Crippen LogP contribution in [0.25, 0.3) is 0 Å². The smallest absolute Gasteiger partial charge is 0.415 e. The predicted octanol–water partition coefficient (Wildman–Crippen LogP) is 5.74. The molecule has 29 heavy (non-hydrogen) atoms. The van der Waals surface area contributed by atoms with Crippen molar-refractivity contribution < 1.29 is 9.53 Å². The van der Waals surface area contributed by atoms with Gasteiger partial charge in [0.2, 0.25) is 0 Å². The lowest BCUT2D eigenvalue weighted by molar-refractivity contribution is 0.0123. The molecule has 3 aliphatic rings. The number of unbranched alkanes of at least 4 members (excludes halogenated alkanes) is 1. The van der Waals surface area contributed by atoms with Crippen LogP contribution in [0.1, 0.15) is 70.3 Å². The number of rotatable bonds is 6. The monoisotopic (exact) mass is 396 g/mol. The zero-order valence-electron chi connectivity index (χ0n) is 17.9. The maximum Gasteiger partial charge on any atom is 0.415 e. The Bertz CT molecular complexity index is 701. The van der Waals surface area contributed by atoms with Crippen LogP contribution < -0.4 is 0 Å². The van der Waals surface area contributed by atoms with Crippen LogP contribution in [-0.2, 0) is 11.3 Å². The second kappa shape index (κ2) is 9.34. The largest absolute Gasteiger partial charge is 0.436 e. The van der Waals surface area contributed by atoms with Gasteiger partial charge in [-0.15, -0.1) is 0 Å². The molecule has 0 bridgehead atoms. The Morgan fingerprint density at radius 1 is 1.10 bits per heavy atom. The number of hydrogen-bond acceptors (Lipinski definition) is 3. The van der Waals surface area contributed by atoms with Gasteiger partial charge in [0, 0.05) is 39.0 Å². The highest BCUT2D eigenvalue weighted by Crippen LogP contribution is 2.43. The van der Waals surface area contributed by atoms with Crippen molar-refractivity contribution in [2.75, 3.05) is 19.6 Å². The first kappa shape index (κ1) is 20.5. The number of carbonyl (C=O) groups excluding carboxylic acids is 1. The Kier molecular flexibility index (Phi) is 6.59. The number of benzene rings is 1. The van der Waals surface area contributed by atoms with E-state index in [1.165, 1.54) is 43.4 Å². The van der Waals surface area contributed by atoms with Crippen LogP contribution in [0.3, 0.4) is 0 Å². The van der Waals surface area contributed by atoms with Crippen molar-refractivity contribution in [1.82, 2.24) is 9.80 Å². The molecule has 2 aliphatic heterocycles. The Morgan fingerprint density at radius 2 is 1.83 bits per heavy atom. The van der Waals surface area contributed by atoms with Crippen molar-refractivity contribution >= 4 is 6.09 Å². The predicted molar refractivity (Wildman–Crippen MR) is 116 cm³/mol. The third-order valence-electron chi connectivity index (χ3n) is 6.97. The van der Waals surface area contributed by atoms with Crippen LogP contribution in [-0.4, -0.2) is 41.1 Å². The van der Waals surface area contributed by atoms with Gasteiger partial charge >= 0.3 is 6.09 Å². The van der Waals surface area contributed by atoms with Crippen molar-refractivity contribution in [3.05, 3.63) is 47.7 Å². The fourth-order valence-electron chi connectivity index (χ4n) is 5.27. The average Bonchev–Trinajstić information content (AvgIpc) is 3.00. The molecule has 1 aromatic rings. The summed E-state index contributed by atoms with van der Waals surface area (Å²) in [4.78, 5) is 17.4. The van der Waals surface area contributed by atoms with Crippen LogP contribution in [0, 0.1) is 5.92 Å². The summed E-state index contributed by atoms with van der Waals surface area (Å²) >= 11 is 0. The molecule has 1 spiro atoms. The van der Waals surface area contributed by atoms with Gasteiger partial charge < -0.3 is 4.74 Å². The topological polar surface area (TPSA) is 32.8 Å². The molecule has 0 radical (unpaired) electrons. The normalized spacial score (nSPS) is 24.4. The number of hydrogen-bond donors (Lipinski definition) is 0. The van der Waals surface area contributed by atoms with E-state index in [1.807, 2.05) is 4.90 Å². The van der Waals surface area contributed by atoms with E-state index in [2.05, 4.69) is 48.2 Å². The number of amides is 1. The molecule has 4 rings (SSSR count). The third kappa shape index (κ3) is 4.69. The minimum atomic E-state index is -0.395. The molecule has 0 unspecified atom stereocenters. The SMILES string of the molecule is CCC/C=C1/N(CC2CCCCC2)C(=O)OC12CCN(Cc1ccccc1)CC2. The molecule has 1 aromatic carbocycles. The molecule has 4 heteroatoms. The molecule has 0 N–H and O–H groups in total. The van der Waals surface area contributed by atoms with E-state index in [1.54, 1.807) is 0 Å². The Morgan fingerprint density at radius 3 is 2.52 bits per heavy atom. The van der Waals surface area contributed by atoms with E-state index in [9.17, 15) is 4.79 Å². The zero-order valence-corrected chi connectivity index (χ0v) is 17.9. The summed E-state index contributed by atoms with van der Waals surface area (Å²) in [7, 11) is 0. The zero-order chi connectivity index (χ0) is 20.1. The molecule has 158 valence electrons. The number of carbonyl (C=O) groups is 1. The molecular formula is C25H36N2O2. The molecule has 2 heterocycles. The summed E-state index contributed by atoms with van der Waals surface area (Å²) in [6.07, 6.45) is 12.6. The number of nitrogens with zero attached hydrogens (tertiary/aromatic N) is 2. The Labute approximate surface area is 175 Å². The van der Waals surface area contributed by atoms with Crippen LogP contribution >= 0.6 is 0 Å². The van der Waals surface area contributed by atoms with Gasteiger partial charge in [0.15, 0.2) is 5.60 Å². The fraction of sp³-hybridized carbons (Fsp3) is 0.640. The maximum absolute atomic E-state index is 12.9. The lowest BCUT2D eigenvalue weighted by atomic mass is 9.85. The number of piperidine rings is 1. The van der Waals surface area contributed by atoms with Gasteiger partial charge in [-0.1, -0.05) is 69.0 Å². The molecule has 0 atom stereocenters. The average molecular weight is 397 g/mol. The number of allylic oxidation sites excluding steroid dienone is 1. The van der Waals surface area contributed by atoms with Gasteiger partial charge in [-0.05, 0) is 30.7 Å². The quantitative estimate of drug-likeness (QED) is 0.615. The van der Waals surface area contributed by atoms with E-state index < -0.39 is 5.60 Å². The minimum Gasteiger partial charge on any atom is -0.436 e. The van der Waals surface area contributed by atoms with Gasteiger partial charge in [-0.3, -0.25) is 9.80 Å². The first-order chi connectivity index (χ1) is 14.2. The first-order valence-corrected chi connectivity index (χ1v) is 11.7. The van der Waals surface area contributed by atoms with Gasteiger partial charge in [0.1, 0.15) is 0 Å². The van der Waals surface area contributed by atoms with Crippen LogP contribution in [0.2, 0.25) is 0 Å². The summed E-state index contributed by atoms with van der Waals surface area (Å²) in [6.45, 7) is 5.98.